The van der Waals surface area contributed by atoms with Gasteiger partial charge in [-0.3, -0.25) is 0 Å². The van der Waals surface area contributed by atoms with Crippen molar-refractivity contribution < 1.29 is 8.98 Å². The maximum Gasteiger partial charge on any atom is 0.216 e. The molecule has 0 atom stereocenters. The second-order valence-corrected chi connectivity index (χ2v) is 7.35. The predicted octanol–water partition coefficient (Wildman–Crippen LogP) is 5.82. The molecule has 2 heteroatoms. The Hall–Kier alpha value is -2.61. The first kappa shape index (κ1) is 15.9. The topological polar surface area (TPSA) is 17.0 Å². The summed E-state index contributed by atoms with van der Waals surface area (Å²) in [5.41, 5.74) is 8.16. The van der Waals surface area contributed by atoms with Gasteiger partial charge >= 0.3 is 0 Å². The summed E-state index contributed by atoms with van der Waals surface area (Å²) in [6.07, 6.45) is 2.15. The summed E-state index contributed by atoms with van der Waals surface area (Å²) in [4.78, 5) is 0. The van der Waals surface area contributed by atoms with Crippen LogP contribution in [0.1, 0.15) is 36.5 Å². The van der Waals surface area contributed by atoms with Crippen LogP contribution in [0.3, 0.4) is 0 Å². The number of rotatable bonds is 2. The number of fused-ring (bicyclic) bond motifs is 3. The Morgan fingerprint density at radius 2 is 1.72 bits per heavy atom. The number of aromatic nitrogens is 1. The van der Waals surface area contributed by atoms with Crippen LogP contribution < -0.4 is 4.57 Å². The number of hydrogen-bond acceptors (Lipinski definition) is 1. The molecular formula is C23H24NO+. The van der Waals surface area contributed by atoms with Gasteiger partial charge in [0.25, 0.3) is 0 Å². The van der Waals surface area contributed by atoms with Crippen molar-refractivity contribution >= 4 is 21.9 Å². The molecule has 0 aliphatic carbocycles. The van der Waals surface area contributed by atoms with E-state index < -0.39 is 0 Å². The Labute approximate surface area is 148 Å². The smallest absolute Gasteiger partial charge is 0.216 e. The Morgan fingerprint density at radius 1 is 0.920 bits per heavy atom. The fourth-order valence-electron chi connectivity index (χ4n) is 3.56. The zero-order valence-corrected chi connectivity index (χ0v) is 15.6. The maximum absolute atomic E-state index is 6.32. The fraction of sp³-hybridized carbons (Fsp3) is 0.261. The van der Waals surface area contributed by atoms with Gasteiger partial charge in [0, 0.05) is 22.9 Å². The molecule has 0 spiro atoms. The zero-order valence-electron chi connectivity index (χ0n) is 15.6. The van der Waals surface area contributed by atoms with E-state index in [-0.39, 0.29) is 0 Å². The first-order valence-corrected chi connectivity index (χ1v) is 8.88. The molecule has 0 fully saturated rings. The number of furan rings is 1. The highest BCUT2D eigenvalue weighted by atomic mass is 16.3. The fourth-order valence-corrected chi connectivity index (χ4v) is 3.56. The van der Waals surface area contributed by atoms with E-state index in [1.54, 1.807) is 0 Å². The number of aryl methyl sites for hydroxylation is 3. The van der Waals surface area contributed by atoms with E-state index in [4.69, 9.17) is 4.42 Å². The van der Waals surface area contributed by atoms with Crippen molar-refractivity contribution in [3.05, 3.63) is 65.4 Å². The third-order valence-corrected chi connectivity index (χ3v) is 5.10. The van der Waals surface area contributed by atoms with Crippen LogP contribution in [0.15, 0.2) is 53.1 Å². The average molecular weight is 330 g/mol. The van der Waals surface area contributed by atoms with Crippen molar-refractivity contribution in [1.82, 2.24) is 0 Å². The van der Waals surface area contributed by atoms with Crippen LogP contribution in [-0.2, 0) is 7.05 Å². The lowest BCUT2D eigenvalue weighted by molar-refractivity contribution is -0.660. The summed E-state index contributed by atoms with van der Waals surface area (Å²) < 4.78 is 8.50. The van der Waals surface area contributed by atoms with Gasteiger partial charge in [0.2, 0.25) is 5.69 Å². The van der Waals surface area contributed by atoms with Crippen LogP contribution in [0.2, 0.25) is 0 Å². The first-order valence-electron chi connectivity index (χ1n) is 8.88. The molecule has 2 aromatic heterocycles. The van der Waals surface area contributed by atoms with Crippen molar-refractivity contribution in [2.45, 2.75) is 33.6 Å². The predicted molar refractivity (Wildman–Crippen MR) is 104 cm³/mol. The highest BCUT2D eigenvalue weighted by Crippen LogP contribution is 2.37. The number of pyridine rings is 1. The van der Waals surface area contributed by atoms with Crippen LogP contribution in [0, 0.1) is 13.8 Å². The monoisotopic (exact) mass is 330 g/mol. The van der Waals surface area contributed by atoms with Gasteiger partial charge in [-0.15, -0.1) is 0 Å². The molecule has 0 radical (unpaired) electrons. The molecule has 0 saturated carbocycles. The van der Waals surface area contributed by atoms with E-state index in [0.717, 1.165) is 11.2 Å². The van der Waals surface area contributed by atoms with Crippen molar-refractivity contribution in [2.75, 3.05) is 0 Å². The van der Waals surface area contributed by atoms with E-state index in [1.807, 2.05) is 0 Å². The third kappa shape index (κ3) is 2.53. The maximum atomic E-state index is 6.32. The Bertz CT molecular complexity index is 1100. The van der Waals surface area contributed by atoms with Gasteiger partial charge in [0.15, 0.2) is 6.20 Å². The summed E-state index contributed by atoms with van der Waals surface area (Å²) in [7, 11) is 2.10. The van der Waals surface area contributed by atoms with Gasteiger partial charge in [0.1, 0.15) is 18.2 Å². The van der Waals surface area contributed by atoms with Gasteiger partial charge in [-0.25, -0.2) is 4.57 Å². The lowest BCUT2D eigenvalue weighted by atomic mass is 9.97. The van der Waals surface area contributed by atoms with Gasteiger partial charge in [0.05, 0.1) is 5.56 Å². The molecular weight excluding hydrogens is 306 g/mol. The SMILES string of the molecule is Cc1ccc2oc3c(-c4cc(C(C)C)cc[n+]4C)c(C)ccc3c2c1. The van der Waals surface area contributed by atoms with Gasteiger partial charge in [-0.05, 0) is 43.0 Å². The minimum absolute atomic E-state index is 0.498. The van der Waals surface area contributed by atoms with Crippen LogP contribution in [0.4, 0.5) is 0 Å². The van der Waals surface area contributed by atoms with Crippen LogP contribution >= 0.6 is 0 Å². The second-order valence-electron chi connectivity index (χ2n) is 7.35. The third-order valence-electron chi connectivity index (χ3n) is 5.10. The molecule has 0 unspecified atom stereocenters. The van der Waals surface area contributed by atoms with Crippen molar-refractivity contribution in [3.8, 4) is 11.3 Å². The summed E-state index contributed by atoms with van der Waals surface area (Å²) in [5.74, 6) is 0.498. The second kappa shape index (κ2) is 5.73. The van der Waals surface area contributed by atoms with Crippen molar-refractivity contribution in [1.29, 1.82) is 0 Å². The van der Waals surface area contributed by atoms with E-state index in [0.29, 0.717) is 5.92 Å². The number of nitrogens with zero attached hydrogens (tertiary/aromatic N) is 1. The molecule has 2 nitrogen and oxygen atoms in total. The molecule has 0 aliphatic heterocycles. The van der Waals surface area contributed by atoms with Gasteiger partial charge in [-0.1, -0.05) is 37.6 Å². The van der Waals surface area contributed by atoms with E-state index in [2.05, 4.69) is 88.0 Å². The molecule has 4 aromatic rings. The van der Waals surface area contributed by atoms with E-state index in [1.165, 1.54) is 38.7 Å². The molecule has 0 aliphatic rings. The molecule has 0 saturated heterocycles. The highest BCUT2D eigenvalue weighted by Gasteiger charge is 2.21. The molecule has 0 N–H and O–H groups in total. The minimum atomic E-state index is 0.498. The zero-order chi connectivity index (χ0) is 17.7. The molecule has 0 amide bonds. The first-order chi connectivity index (χ1) is 12.0. The summed E-state index contributed by atoms with van der Waals surface area (Å²) >= 11 is 0. The molecule has 4 rings (SSSR count). The Morgan fingerprint density at radius 3 is 2.48 bits per heavy atom. The molecule has 25 heavy (non-hydrogen) atoms. The Balaban J connectivity index is 2.10. The molecule has 0 bridgehead atoms. The van der Waals surface area contributed by atoms with E-state index in [9.17, 15) is 0 Å². The van der Waals surface area contributed by atoms with Crippen LogP contribution in [-0.4, -0.2) is 0 Å². The minimum Gasteiger partial charge on any atom is -0.455 e. The highest BCUT2D eigenvalue weighted by molar-refractivity contribution is 6.09. The largest absolute Gasteiger partial charge is 0.455 e. The lowest BCUT2D eigenvalue weighted by Gasteiger charge is -2.09. The average Bonchev–Trinajstić information content (AvgIpc) is 2.93. The molecule has 126 valence electrons. The number of hydrogen-bond donors (Lipinski definition) is 0. The van der Waals surface area contributed by atoms with Gasteiger partial charge < -0.3 is 4.42 Å². The van der Waals surface area contributed by atoms with E-state index >= 15 is 0 Å². The van der Waals surface area contributed by atoms with Crippen molar-refractivity contribution in [3.63, 3.8) is 0 Å². The summed E-state index contributed by atoms with van der Waals surface area (Å²) in [5, 5.41) is 2.38. The quantitative estimate of drug-likeness (QED) is 0.423. The lowest BCUT2D eigenvalue weighted by Crippen LogP contribution is -2.31. The van der Waals surface area contributed by atoms with Crippen LogP contribution in [0.5, 0.6) is 0 Å². The normalized spacial score (nSPS) is 11.8. The Kier molecular flexibility index (Phi) is 3.64. The summed E-state index contributed by atoms with van der Waals surface area (Å²) in [6.45, 7) is 8.75. The number of benzene rings is 2. The molecule has 2 aromatic carbocycles. The standard InChI is InChI=1S/C23H24NO/c1-14(2)17-10-11-24(5)20(13-17)22-16(4)7-8-18-19-12-15(3)6-9-21(19)25-23(18)22/h6-14H,1-5H3/q+1. The summed E-state index contributed by atoms with van der Waals surface area (Å²) in [6, 6.07) is 15.3. The van der Waals surface area contributed by atoms with Crippen LogP contribution in [0.25, 0.3) is 33.2 Å². The van der Waals surface area contributed by atoms with Gasteiger partial charge in [-0.2, -0.15) is 0 Å². The van der Waals surface area contributed by atoms with Crippen molar-refractivity contribution in [2.24, 2.45) is 7.05 Å². The molecule has 2 heterocycles.